The zero-order chi connectivity index (χ0) is 16.8. The summed E-state index contributed by atoms with van der Waals surface area (Å²) < 4.78 is 27.3. The molecule has 3 rings (SSSR count). The van der Waals surface area contributed by atoms with Crippen molar-refractivity contribution in [1.82, 2.24) is 19.6 Å². The van der Waals surface area contributed by atoms with E-state index in [9.17, 15) is 8.42 Å². The fourth-order valence-corrected chi connectivity index (χ4v) is 4.39. The Kier molecular flexibility index (Phi) is 5.65. The highest BCUT2D eigenvalue weighted by atomic mass is 32.2. The number of nitrogens with zero attached hydrogens (tertiary/aromatic N) is 2. The number of imidazole rings is 1. The molecule has 1 aliphatic heterocycles. The van der Waals surface area contributed by atoms with Crippen molar-refractivity contribution in [3.63, 3.8) is 0 Å². The molecule has 1 aliphatic rings. The number of sulfonamides is 1. The number of benzene rings is 1. The number of rotatable bonds is 7. The molecule has 1 aromatic carbocycles. The number of piperidine rings is 1. The summed E-state index contributed by atoms with van der Waals surface area (Å²) in [4.78, 5) is 9.51. The SMILES string of the molecule is O=S(=O)(Cc1ccccc1)NCC1CCCN(Cc2cnc[nH]2)C1. The first-order valence-electron chi connectivity index (χ1n) is 8.31. The summed E-state index contributed by atoms with van der Waals surface area (Å²) in [6.07, 6.45) is 5.69. The zero-order valence-electron chi connectivity index (χ0n) is 13.7. The minimum absolute atomic E-state index is 0.0401. The van der Waals surface area contributed by atoms with Crippen molar-refractivity contribution in [2.75, 3.05) is 19.6 Å². The maximum Gasteiger partial charge on any atom is 0.215 e. The molecule has 0 amide bonds. The molecule has 7 heteroatoms. The quantitative estimate of drug-likeness (QED) is 0.799. The Balaban J connectivity index is 1.48. The van der Waals surface area contributed by atoms with Gasteiger partial charge < -0.3 is 4.98 Å². The average Bonchev–Trinajstić information content (AvgIpc) is 3.07. The Morgan fingerprint density at radius 1 is 1.29 bits per heavy atom. The molecule has 2 aromatic rings. The van der Waals surface area contributed by atoms with E-state index in [1.54, 1.807) is 6.33 Å². The summed E-state index contributed by atoms with van der Waals surface area (Å²) >= 11 is 0. The van der Waals surface area contributed by atoms with Crippen LogP contribution in [0, 0.1) is 5.92 Å². The van der Waals surface area contributed by atoms with Crippen LogP contribution in [-0.4, -0.2) is 42.9 Å². The van der Waals surface area contributed by atoms with Crippen LogP contribution in [0.25, 0.3) is 0 Å². The predicted octanol–water partition coefficient (Wildman–Crippen LogP) is 1.74. The third-order valence-electron chi connectivity index (χ3n) is 4.34. The first-order chi connectivity index (χ1) is 11.6. The van der Waals surface area contributed by atoms with Gasteiger partial charge in [-0.1, -0.05) is 30.3 Å². The summed E-state index contributed by atoms with van der Waals surface area (Å²) in [5.41, 5.74) is 1.91. The molecule has 0 saturated carbocycles. The van der Waals surface area contributed by atoms with Gasteiger partial charge in [0.05, 0.1) is 12.1 Å². The molecule has 0 aliphatic carbocycles. The van der Waals surface area contributed by atoms with E-state index in [2.05, 4.69) is 19.6 Å². The number of likely N-dealkylation sites (tertiary alicyclic amines) is 1. The number of nitrogens with one attached hydrogen (secondary N) is 2. The fourth-order valence-electron chi connectivity index (χ4n) is 3.16. The Morgan fingerprint density at radius 2 is 2.12 bits per heavy atom. The molecule has 2 heterocycles. The summed E-state index contributed by atoms with van der Waals surface area (Å²) in [6, 6.07) is 9.29. The Hall–Kier alpha value is -1.70. The van der Waals surface area contributed by atoms with Gasteiger partial charge in [0.25, 0.3) is 0 Å². The number of hydrogen-bond acceptors (Lipinski definition) is 4. The summed E-state index contributed by atoms with van der Waals surface area (Å²) in [5.74, 6) is 0.394. The van der Waals surface area contributed by atoms with Gasteiger partial charge >= 0.3 is 0 Å². The third-order valence-corrected chi connectivity index (χ3v) is 5.66. The number of aromatic nitrogens is 2. The van der Waals surface area contributed by atoms with E-state index in [1.165, 1.54) is 0 Å². The third kappa shape index (κ3) is 5.15. The van der Waals surface area contributed by atoms with Crippen molar-refractivity contribution in [3.8, 4) is 0 Å². The highest BCUT2D eigenvalue weighted by Crippen LogP contribution is 2.18. The Labute approximate surface area is 143 Å². The van der Waals surface area contributed by atoms with Crippen LogP contribution in [-0.2, 0) is 22.3 Å². The van der Waals surface area contributed by atoms with Crippen LogP contribution in [0.5, 0.6) is 0 Å². The zero-order valence-corrected chi connectivity index (χ0v) is 14.5. The monoisotopic (exact) mass is 348 g/mol. The lowest BCUT2D eigenvalue weighted by atomic mass is 9.98. The smallest absolute Gasteiger partial charge is 0.215 e. The van der Waals surface area contributed by atoms with Crippen molar-refractivity contribution < 1.29 is 8.42 Å². The van der Waals surface area contributed by atoms with Crippen LogP contribution in [0.2, 0.25) is 0 Å². The van der Waals surface area contributed by atoms with Gasteiger partial charge in [0, 0.05) is 31.5 Å². The van der Waals surface area contributed by atoms with Crippen LogP contribution in [0.1, 0.15) is 24.1 Å². The van der Waals surface area contributed by atoms with E-state index in [-0.39, 0.29) is 5.75 Å². The molecule has 6 nitrogen and oxygen atoms in total. The maximum atomic E-state index is 12.2. The summed E-state index contributed by atoms with van der Waals surface area (Å²) in [5, 5.41) is 0. The number of aromatic amines is 1. The van der Waals surface area contributed by atoms with Crippen LogP contribution in [0.3, 0.4) is 0 Å². The highest BCUT2D eigenvalue weighted by molar-refractivity contribution is 7.88. The van der Waals surface area contributed by atoms with Gasteiger partial charge in [-0.25, -0.2) is 18.1 Å². The van der Waals surface area contributed by atoms with Crippen LogP contribution in [0.15, 0.2) is 42.9 Å². The number of H-pyrrole nitrogens is 1. The second-order valence-electron chi connectivity index (χ2n) is 6.41. The van der Waals surface area contributed by atoms with E-state index in [0.717, 1.165) is 43.7 Å². The second-order valence-corrected chi connectivity index (χ2v) is 8.22. The second kappa shape index (κ2) is 7.92. The fraction of sp³-hybridized carbons (Fsp3) is 0.471. The van der Waals surface area contributed by atoms with E-state index in [4.69, 9.17) is 0 Å². The lowest BCUT2D eigenvalue weighted by Gasteiger charge is -2.32. The maximum absolute atomic E-state index is 12.2. The normalized spacial score (nSPS) is 19.4. The van der Waals surface area contributed by atoms with Gasteiger partial charge in [-0.3, -0.25) is 4.90 Å². The highest BCUT2D eigenvalue weighted by Gasteiger charge is 2.22. The number of hydrogen-bond donors (Lipinski definition) is 2. The minimum Gasteiger partial charge on any atom is -0.347 e. The van der Waals surface area contributed by atoms with Crippen LogP contribution in [0.4, 0.5) is 0 Å². The molecule has 1 fully saturated rings. The molecule has 1 saturated heterocycles. The van der Waals surface area contributed by atoms with Crippen molar-refractivity contribution in [2.24, 2.45) is 5.92 Å². The molecule has 1 aromatic heterocycles. The molecule has 130 valence electrons. The Morgan fingerprint density at radius 3 is 2.88 bits per heavy atom. The van der Waals surface area contributed by atoms with Gasteiger partial charge in [0.2, 0.25) is 10.0 Å². The van der Waals surface area contributed by atoms with Crippen molar-refractivity contribution in [2.45, 2.75) is 25.1 Å². The lowest BCUT2D eigenvalue weighted by molar-refractivity contribution is 0.167. The summed E-state index contributed by atoms with van der Waals surface area (Å²) in [7, 11) is -3.29. The molecule has 2 N–H and O–H groups in total. The van der Waals surface area contributed by atoms with E-state index in [1.807, 2.05) is 36.5 Å². The van der Waals surface area contributed by atoms with E-state index >= 15 is 0 Å². The van der Waals surface area contributed by atoms with Gasteiger partial charge in [-0.2, -0.15) is 0 Å². The predicted molar refractivity (Wildman–Crippen MR) is 93.7 cm³/mol. The van der Waals surface area contributed by atoms with Crippen molar-refractivity contribution in [3.05, 3.63) is 54.1 Å². The molecule has 0 bridgehead atoms. The minimum atomic E-state index is -3.29. The molecule has 24 heavy (non-hydrogen) atoms. The van der Waals surface area contributed by atoms with Gasteiger partial charge in [-0.15, -0.1) is 0 Å². The standard InChI is InChI=1S/C17H24N4O2S/c22-24(23,13-15-5-2-1-3-6-15)20-9-16-7-4-8-21(11-16)12-17-10-18-14-19-17/h1-3,5-6,10,14,16,20H,4,7-9,11-13H2,(H,18,19). The molecule has 1 atom stereocenters. The largest absolute Gasteiger partial charge is 0.347 e. The first-order valence-corrected chi connectivity index (χ1v) is 9.97. The topological polar surface area (TPSA) is 78.1 Å². The molecule has 0 spiro atoms. The van der Waals surface area contributed by atoms with Crippen molar-refractivity contribution >= 4 is 10.0 Å². The molecule has 0 radical (unpaired) electrons. The van der Waals surface area contributed by atoms with Gasteiger partial charge in [-0.05, 0) is 30.9 Å². The lowest BCUT2D eigenvalue weighted by Crippen LogP contribution is -2.40. The molecular formula is C17H24N4O2S. The molecular weight excluding hydrogens is 324 g/mol. The molecule has 1 unspecified atom stereocenters. The first kappa shape index (κ1) is 17.1. The van der Waals surface area contributed by atoms with E-state index in [0.29, 0.717) is 12.5 Å². The summed E-state index contributed by atoms with van der Waals surface area (Å²) in [6.45, 7) is 3.31. The average molecular weight is 348 g/mol. The van der Waals surface area contributed by atoms with Crippen LogP contribution < -0.4 is 4.72 Å². The van der Waals surface area contributed by atoms with Gasteiger partial charge in [0.15, 0.2) is 0 Å². The van der Waals surface area contributed by atoms with Crippen molar-refractivity contribution in [1.29, 1.82) is 0 Å². The van der Waals surface area contributed by atoms with E-state index < -0.39 is 10.0 Å². The van der Waals surface area contributed by atoms with Crippen LogP contribution >= 0.6 is 0 Å². The Bertz CT molecular complexity index is 716. The van der Waals surface area contributed by atoms with Gasteiger partial charge in [0.1, 0.15) is 0 Å².